The van der Waals surface area contributed by atoms with Crippen LogP contribution in [0.1, 0.15) is 91.5 Å². The first-order valence-corrected chi connectivity index (χ1v) is 14.3. The Morgan fingerprint density at radius 2 is 1.29 bits per heavy atom. The number of phenolic OH excluding ortho intramolecular Hbond substituents is 2. The number of hydrogen-bond acceptors (Lipinski definition) is 5. The van der Waals surface area contributed by atoms with Gasteiger partial charge in [-0.25, -0.2) is 4.85 Å². The highest BCUT2D eigenvalue weighted by molar-refractivity contribution is 5.83. The summed E-state index contributed by atoms with van der Waals surface area (Å²) < 4.78 is 5.69. The molecule has 0 unspecified atom stereocenters. The van der Waals surface area contributed by atoms with E-state index in [1.165, 1.54) is 39.5 Å². The number of fused-ring (bicyclic) bond motifs is 1. The second-order valence-corrected chi connectivity index (χ2v) is 11.1. The monoisotopic (exact) mass is 611 g/mol. The van der Waals surface area contributed by atoms with E-state index in [4.69, 9.17) is 16.6 Å². The van der Waals surface area contributed by atoms with Crippen LogP contribution in [0.5, 0.6) is 17.2 Å². The maximum atomic E-state index is 10.7. The van der Waals surface area contributed by atoms with E-state index in [0.29, 0.717) is 29.9 Å². The Bertz CT molecular complexity index is 1650. The number of aromatic hydroxyl groups is 2. The van der Waals surface area contributed by atoms with E-state index in [1.54, 1.807) is 6.07 Å². The molecule has 1 aliphatic rings. The molecule has 0 aromatic heterocycles. The zero-order chi connectivity index (χ0) is 34.0. The molecule has 45 heavy (non-hydrogen) atoms. The van der Waals surface area contributed by atoms with Crippen molar-refractivity contribution in [2.45, 2.75) is 90.5 Å². The highest BCUT2D eigenvalue weighted by Crippen LogP contribution is 2.37. The molecule has 0 aliphatic carbocycles. The van der Waals surface area contributed by atoms with E-state index in [9.17, 15) is 15.0 Å². The van der Waals surface area contributed by atoms with Gasteiger partial charge in [0.15, 0.2) is 6.29 Å². The van der Waals surface area contributed by atoms with Crippen LogP contribution in [0.4, 0.5) is 0 Å². The van der Waals surface area contributed by atoms with Gasteiger partial charge in [-0.05, 0) is 162 Å². The third-order valence-corrected chi connectivity index (χ3v) is 8.86. The maximum absolute atomic E-state index is 10.7. The first kappa shape index (κ1) is 40.2. The average molecular weight is 612 g/mol. The molecule has 1 aliphatic heterocycles. The van der Waals surface area contributed by atoms with Crippen molar-refractivity contribution < 1.29 is 21.2 Å². The molecule has 0 spiro atoms. The van der Waals surface area contributed by atoms with Gasteiger partial charge in [0.2, 0.25) is 5.70 Å². The highest BCUT2D eigenvalue weighted by atomic mass is 16.5. The molecular weight excluding hydrogens is 560 g/mol. The summed E-state index contributed by atoms with van der Waals surface area (Å²) in [5, 5.41) is 26.6. The number of hydrogen-bond donors (Lipinski definition) is 2. The number of carbonyl (C=O) groups excluding carboxylic acids is 1. The minimum absolute atomic E-state index is 0. The number of aldehydes is 1. The van der Waals surface area contributed by atoms with Gasteiger partial charge in [0.1, 0.15) is 23.9 Å². The van der Waals surface area contributed by atoms with Crippen LogP contribution >= 0.6 is 0 Å². The standard InChI is InChI=1S/C14H15NO.C11H14O2.C10H14O.C3H3N.CH4/c1-8-9(2)11(4)14-13(10(8)3)6-12(15-5)7-16-14;1-6-7(2)9(4)11(13)10(5-12)8(6)3;1-6-5-10(11)9(4)8(3)7(6)2;1-2-3-4;/h6H,7H2,1-4H3;5,13H,1-4H3;5,11H,1-4H3;2H,1H2;1H4/p+1. The zero-order valence-electron chi connectivity index (χ0n) is 29.3. The van der Waals surface area contributed by atoms with Crippen LogP contribution in [0, 0.1) is 101 Å². The van der Waals surface area contributed by atoms with Crippen molar-refractivity contribution in [3.63, 3.8) is 0 Å². The summed E-state index contributed by atoms with van der Waals surface area (Å²) in [5.41, 5.74) is 15.6. The second-order valence-electron chi connectivity index (χ2n) is 11.1. The topological polar surface area (TPSA) is 94.9 Å². The Morgan fingerprint density at radius 1 is 0.822 bits per heavy atom. The number of nitrogens with zero attached hydrogens (tertiary/aromatic N) is 2. The lowest BCUT2D eigenvalue weighted by Crippen LogP contribution is -2.10. The van der Waals surface area contributed by atoms with Gasteiger partial charge in [0.25, 0.3) is 0 Å². The first-order valence-electron chi connectivity index (χ1n) is 14.3. The summed E-state index contributed by atoms with van der Waals surface area (Å²) in [7, 11) is 0. The summed E-state index contributed by atoms with van der Waals surface area (Å²) in [6, 6.07) is 3.51. The zero-order valence-corrected chi connectivity index (χ0v) is 28.3. The van der Waals surface area contributed by atoms with Crippen LogP contribution in [0.2, 0.25) is 0 Å². The minimum Gasteiger partial charge on any atom is -0.508 e. The Kier molecular flexibility index (Phi) is 15.6. The Hall–Kier alpha value is -4.81. The molecule has 2 N–H and O–H groups in total. The number of benzene rings is 3. The van der Waals surface area contributed by atoms with E-state index in [-0.39, 0.29) is 14.6 Å². The maximum Gasteiger partial charge on any atom is 1.00 e. The van der Waals surface area contributed by atoms with Crippen LogP contribution in [0.15, 0.2) is 24.4 Å². The van der Waals surface area contributed by atoms with Gasteiger partial charge in [-0.1, -0.05) is 14.0 Å². The largest absolute Gasteiger partial charge is 1.00 e. The van der Waals surface area contributed by atoms with Crippen LogP contribution in [0.3, 0.4) is 0 Å². The van der Waals surface area contributed by atoms with Gasteiger partial charge < -0.3 is 14.9 Å². The van der Waals surface area contributed by atoms with Crippen molar-refractivity contribution in [3.8, 4) is 23.3 Å². The lowest BCUT2D eigenvalue weighted by Gasteiger charge is -2.22. The number of aryl methyl sites for hydroxylation is 1. The summed E-state index contributed by atoms with van der Waals surface area (Å²) in [4.78, 5) is 14.2. The van der Waals surface area contributed by atoms with Gasteiger partial charge in [-0.2, -0.15) is 5.26 Å². The van der Waals surface area contributed by atoms with Crippen LogP contribution in [0.25, 0.3) is 10.9 Å². The number of ether oxygens (including phenoxy) is 1. The molecule has 0 fully saturated rings. The molecule has 4 rings (SSSR count). The molecule has 6 heteroatoms. The van der Waals surface area contributed by atoms with Crippen molar-refractivity contribution >= 4 is 12.4 Å². The molecule has 0 saturated carbocycles. The molecule has 240 valence electrons. The lowest BCUT2D eigenvalue weighted by molar-refractivity contribution is 0.112. The quantitative estimate of drug-likeness (QED) is 0.162. The predicted molar refractivity (Wildman–Crippen MR) is 189 cm³/mol. The Labute approximate surface area is 272 Å². The molecule has 0 atom stereocenters. The Morgan fingerprint density at radius 3 is 1.78 bits per heavy atom. The average Bonchev–Trinajstić information content (AvgIpc) is 3.03. The fourth-order valence-electron chi connectivity index (χ4n) is 4.74. The van der Waals surface area contributed by atoms with Crippen molar-refractivity contribution in [3.05, 3.63) is 114 Å². The van der Waals surface area contributed by atoms with Gasteiger partial charge in [-0.3, -0.25) is 4.79 Å². The van der Waals surface area contributed by atoms with Crippen LogP contribution in [-0.4, -0.2) is 23.1 Å². The Balaban J connectivity index is 0. The molecule has 0 saturated heterocycles. The number of carbonyl (C=O) groups is 1. The van der Waals surface area contributed by atoms with Crippen LogP contribution in [-0.2, 0) is 0 Å². The summed E-state index contributed by atoms with van der Waals surface area (Å²) in [6.45, 7) is 34.6. The van der Waals surface area contributed by atoms with Crippen molar-refractivity contribution in [2.24, 2.45) is 0 Å². The molecule has 1 heterocycles. The van der Waals surface area contributed by atoms with Gasteiger partial charge in [-0.15, -0.1) is 0 Å². The van der Waals surface area contributed by atoms with Gasteiger partial charge in [0, 0.05) is 11.6 Å². The molecule has 0 radical (unpaired) electrons. The van der Waals surface area contributed by atoms with E-state index in [2.05, 4.69) is 46.0 Å². The van der Waals surface area contributed by atoms with E-state index < -0.39 is 0 Å². The highest BCUT2D eigenvalue weighted by Gasteiger charge is 2.19. The number of nitriles is 1. The SMILES string of the molecule is C.C=CC#N.Cc1c(C)c(C)c(C=O)c(O)c1C.Cc1cc(O)c(C)c(C)c1C.[C-]#[N+]C1=Cc2c(C)c(C)c(C)c(C)c2OC1.[H+]. The normalized spacial score (nSPS) is 10.6. The fraction of sp³-hybridized carbons (Fsp3) is 0.359. The summed E-state index contributed by atoms with van der Waals surface area (Å²) >= 11 is 0. The van der Waals surface area contributed by atoms with E-state index >= 15 is 0 Å². The van der Waals surface area contributed by atoms with Crippen LogP contribution < -0.4 is 4.74 Å². The van der Waals surface area contributed by atoms with E-state index in [1.807, 2.05) is 60.6 Å². The second kappa shape index (κ2) is 17.5. The summed E-state index contributed by atoms with van der Waals surface area (Å²) in [6.07, 6.45) is 3.85. The molecular formula is C39H51N2O4+. The minimum atomic E-state index is 0. The third-order valence-electron chi connectivity index (χ3n) is 8.86. The molecule has 3 aromatic rings. The number of phenols is 2. The molecule has 0 amide bonds. The van der Waals surface area contributed by atoms with Crippen molar-refractivity contribution in [1.82, 2.24) is 0 Å². The van der Waals surface area contributed by atoms with Crippen molar-refractivity contribution in [2.75, 3.05) is 6.61 Å². The van der Waals surface area contributed by atoms with Gasteiger partial charge in [0.05, 0.1) is 18.2 Å². The number of allylic oxidation sites excluding steroid dienone is 1. The summed E-state index contributed by atoms with van der Waals surface area (Å²) in [5.74, 6) is 1.48. The lowest BCUT2D eigenvalue weighted by atomic mass is 9.92. The fourth-order valence-corrected chi connectivity index (χ4v) is 4.74. The predicted octanol–water partition coefficient (Wildman–Crippen LogP) is 10.1. The third kappa shape index (κ3) is 9.10. The molecule has 6 nitrogen and oxygen atoms in total. The molecule has 0 bridgehead atoms. The van der Waals surface area contributed by atoms with E-state index in [0.717, 1.165) is 44.7 Å². The first-order chi connectivity index (χ1) is 20.5. The molecule has 3 aromatic carbocycles. The van der Waals surface area contributed by atoms with Gasteiger partial charge >= 0.3 is 1.43 Å². The smallest absolute Gasteiger partial charge is 0.508 e. The number of rotatable bonds is 1. The van der Waals surface area contributed by atoms with Crippen molar-refractivity contribution in [1.29, 1.82) is 5.26 Å².